The van der Waals surface area contributed by atoms with Crippen LogP contribution in [-0.2, 0) is 18.9 Å². The minimum Gasteiger partial charge on any atom is -0.396 e. The van der Waals surface area contributed by atoms with Gasteiger partial charge in [-0.1, -0.05) is 6.92 Å². The highest BCUT2D eigenvalue weighted by Gasteiger charge is 2.68. The summed E-state index contributed by atoms with van der Waals surface area (Å²) in [6, 6.07) is 0. The topological polar surface area (TPSA) is 77.4 Å². The Bertz CT molecular complexity index is 700. The summed E-state index contributed by atoms with van der Waals surface area (Å²) in [5.41, 5.74) is -0.177. The largest absolute Gasteiger partial charge is 0.396 e. The lowest BCUT2D eigenvalue weighted by molar-refractivity contribution is -0.260. The molecule has 2 N–H and O–H groups in total. The maximum atomic E-state index is 11.7. The Balaban J connectivity index is 1.30. The van der Waals surface area contributed by atoms with Gasteiger partial charge in [-0.3, -0.25) is 0 Å². The Morgan fingerprint density at radius 2 is 1.55 bits per heavy atom. The van der Waals surface area contributed by atoms with Crippen LogP contribution in [0, 0.1) is 40.4 Å². The molecule has 2 saturated heterocycles. The lowest BCUT2D eigenvalue weighted by atomic mass is 9.43. The molecule has 2 heterocycles. The van der Waals surface area contributed by atoms with Crippen LogP contribution in [0.1, 0.15) is 65.2 Å². The summed E-state index contributed by atoms with van der Waals surface area (Å²) in [6.07, 6.45) is 7.69. The van der Waals surface area contributed by atoms with E-state index < -0.39 is 5.79 Å². The van der Waals surface area contributed by atoms with E-state index in [9.17, 15) is 10.2 Å². The molecular weight excluding hydrogens is 396 g/mol. The number of aliphatic hydroxyl groups is 2. The van der Waals surface area contributed by atoms with Gasteiger partial charge in [-0.2, -0.15) is 0 Å². The third-order valence-corrected chi connectivity index (χ3v) is 10.9. The maximum Gasteiger partial charge on any atom is 0.169 e. The van der Waals surface area contributed by atoms with Crippen molar-refractivity contribution in [3.8, 4) is 0 Å². The smallest absolute Gasteiger partial charge is 0.169 e. The van der Waals surface area contributed by atoms with E-state index in [-0.39, 0.29) is 35.2 Å². The molecule has 6 heteroatoms. The van der Waals surface area contributed by atoms with Gasteiger partial charge in [0.1, 0.15) is 0 Å². The van der Waals surface area contributed by atoms with Crippen LogP contribution in [-0.4, -0.2) is 60.9 Å². The van der Waals surface area contributed by atoms with Gasteiger partial charge in [0.2, 0.25) is 0 Å². The third-order valence-electron chi connectivity index (χ3n) is 10.9. The minimum absolute atomic E-state index is 0.118. The molecular formula is C25H40O6. The van der Waals surface area contributed by atoms with E-state index in [2.05, 4.69) is 13.8 Å². The molecule has 176 valence electrons. The van der Waals surface area contributed by atoms with Crippen LogP contribution in [0.3, 0.4) is 0 Å². The first-order valence-electron chi connectivity index (χ1n) is 12.7. The zero-order valence-corrected chi connectivity index (χ0v) is 19.2. The summed E-state index contributed by atoms with van der Waals surface area (Å²) in [5.74, 6) is 0.892. The second-order valence-electron chi connectivity index (χ2n) is 11.9. The minimum atomic E-state index is -0.625. The molecule has 4 aliphatic carbocycles. The number of hydrogen-bond acceptors (Lipinski definition) is 6. The van der Waals surface area contributed by atoms with E-state index >= 15 is 0 Å². The molecule has 6 fully saturated rings. The van der Waals surface area contributed by atoms with E-state index in [1.54, 1.807) is 0 Å². The van der Waals surface area contributed by atoms with Crippen molar-refractivity contribution in [2.75, 3.05) is 33.0 Å². The van der Waals surface area contributed by atoms with Crippen LogP contribution < -0.4 is 0 Å². The Labute approximate surface area is 186 Å². The predicted octanol–water partition coefficient (Wildman–Crippen LogP) is 3.09. The summed E-state index contributed by atoms with van der Waals surface area (Å²) < 4.78 is 24.3. The zero-order valence-electron chi connectivity index (χ0n) is 19.2. The molecule has 31 heavy (non-hydrogen) atoms. The summed E-state index contributed by atoms with van der Waals surface area (Å²) in [5, 5.41) is 22.5. The summed E-state index contributed by atoms with van der Waals surface area (Å²) in [7, 11) is 0. The first kappa shape index (κ1) is 21.3. The fraction of sp³-hybridized carbons (Fsp3) is 1.00. The maximum absolute atomic E-state index is 11.7. The van der Waals surface area contributed by atoms with E-state index in [4.69, 9.17) is 18.9 Å². The molecule has 6 nitrogen and oxygen atoms in total. The van der Waals surface area contributed by atoms with Crippen LogP contribution in [0.25, 0.3) is 0 Å². The van der Waals surface area contributed by atoms with E-state index in [0.717, 1.165) is 38.5 Å². The lowest BCUT2D eigenvalue weighted by Gasteiger charge is -2.63. The highest BCUT2D eigenvalue weighted by molar-refractivity contribution is 5.15. The van der Waals surface area contributed by atoms with Gasteiger partial charge >= 0.3 is 0 Å². The van der Waals surface area contributed by atoms with Gasteiger partial charge in [0.05, 0.1) is 32.5 Å². The monoisotopic (exact) mass is 436 g/mol. The number of aliphatic hydroxyl groups excluding tert-OH is 2. The number of fused-ring (bicyclic) bond motifs is 5. The average Bonchev–Trinajstić information content (AvgIpc) is 3.48. The van der Waals surface area contributed by atoms with Gasteiger partial charge in [0.15, 0.2) is 11.6 Å². The second-order valence-corrected chi connectivity index (χ2v) is 11.9. The molecule has 0 aromatic heterocycles. The van der Waals surface area contributed by atoms with Gasteiger partial charge in [-0.25, -0.2) is 0 Å². The van der Waals surface area contributed by atoms with Gasteiger partial charge in [0.25, 0.3) is 0 Å². The van der Waals surface area contributed by atoms with Crippen LogP contribution in [0.2, 0.25) is 0 Å². The van der Waals surface area contributed by atoms with Crippen LogP contribution in [0.5, 0.6) is 0 Å². The molecule has 8 atom stereocenters. The highest BCUT2D eigenvalue weighted by Crippen LogP contribution is 2.69. The van der Waals surface area contributed by atoms with Crippen molar-refractivity contribution >= 4 is 0 Å². The molecule has 0 radical (unpaired) electrons. The quantitative estimate of drug-likeness (QED) is 0.693. The van der Waals surface area contributed by atoms with Crippen molar-refractivity contribution in [2.24, 2.45) is 40.4 Å². The summed E-state index contributed by atoms with van der Waals surface area (Å²) >= 11 is 0. The van der Waals surface area contributed by atoms with Gasteiger partial charge < -0.3 is 29.2 Å². The molecule has 0 amide bonds. The second kappa shape index (κ2) is 7.13. The zero-order chi connectivity index (χ0) is 21.5. The van der Waals surface area contributed by atoms with Crippen molar-refractivity contribution in [2.45, 2.75) is 82.9 Å². The van der Waals surface area contributed by atoms with Crippen molar-refractivity contribution in [1.29, 1.82) is 0 Å². The summed E-state index contributed by atoms with van der Waals surface area (Å²) in [4.78, 5) is 0. The summed E-state index contributed by atoms with van der Waals surface area (Å²) in [6.45, 7) is 7.29. The molecule has 1 spiro atoms. The fourth-order valence-corrected chi connectivity index (χ4v) is 9.68. The first-order valence-corrected chi connectivity index (χ1v) is 12.7. The Hall–Kier alpha value is -0.240. The third kappa shape index (κ3) is 2.85. The molecule has 0 bridgehead atoms. The SMILES string of the molecule is CC1([C@H]2CC[C@H]3[C@@H]4CC[C@H]5CC6(CC[C@]5(C)[C@H]4[C@@H](O)C[C@]23CO)OCCO6)OCCO1. The molecule has 6 rings (SSSR count). The Morgan fingerprint density at radius 3 is 2.26 bits per heavy atom. The normalized spacial score (nSPS) is 52.6. The van der Waals surface area contributed by atoms with Gasteiger partial charge in [0, 0.05) is 30.8 Å². The predicted molar refractivity (Wildman–Crippen MR) is 113 cm³/mol. The Kier molecular flexibility index (Phi) is 4.90. The average molecular weight is 437 g/mol. The number of ether oxygens (including phenoxy) is 4. The van der Waals surface area contributed by atoms with Gasteiger partial charge in [-0.05, 0) is 74.5 Å². The van der Waals surface area contributed by atoms with E-state index in [1.165, 1.54) is 6.42 Å². The highest BCUT2D eigenvalue weighted by atomic mass is 16.7. The lowest BCUT2D eigenvalue weighted by Crippen LogP contribution is -2.62. The van der Waals surface area contributed by atoms with Crippen LogP contribution in [0.15, 0.2) is 0 Å². The Morgan fingerprint density at radius 1 is 0.839 bits per heavy atom. The molecule has 0 unspecified atom stereocenters. The number of hydrogen-bond donors (Lipinski definition) is 2. The van der Waals surface area contributed by atoms with Crippen molar-refractivity contribution in [3.05, 3.63) is 0 Å². The molecule has 0 aromatic rings. The standard InChI is InChI=1S/C25H40O6/c1-22-7-8-25(30-11-12-31-25)13-16(22)3-4-17-18-5-6-20(23(2)28-9-10-29-23)24(18,15-26)14-19(27)21(17)22/h16-21,26-27H,3-15H2,1-2H3/t16-,17-,18-,19-,20+,21+,22-,24+/m0/s1. The van der Waals surface area contributed by atoms with E-state index in [0.29, 0.717) is 56.5 Å². The molecule has 6 aliphatic rings. The molecule has 0 aromatic carbocycles. The van der Waals surface area contributed by atoms with Crippen molar-refractivity contribution < 1.29 is 29.2 Å². The van der Waals surface area contributed by atoms with Crippen LogP contribution >= 0.6 is 0 Å². The number of rotatable bonds is 2. The first-order chi connectivity index (χ1) is 14.9. The van der Waals surface area contributed by atoms with Crippen molar-refractivity contribution in [3.63, 3.8) is 0 Å². The van der Waals surface area contributed by atoms with Gasteiger partial charge in [-0.15, -0.1) is 0 Å². The fourth-order valence-electron chi connectivity index (χ4n) is 9.68. The molecule has 2 aliphatic heterocycles. The van der Waals surface area contributed by atoms with Crippen molar-refractivity contribution in [1.82, 2.24) is 0 Å². The van der Waals surface area contributed by atoms with E-state index in [1.807, 2.05) is 0 Å². The molecule has 4 saturated carbocycles. The van der Waals surface area contributed by atoms with Crippen LogP contribution in [0.4, 0.5) is 0 Å².